The van der Waals surface area contributed by atoms with Crippen molar-refractivity contribution in [1.82, 2.24) is 9.88 Å². The van der Waals surface area contributed by atoms with E-state index in [4.69, 9.17) is 4.74 Å². The van der Waals surface area contributed by atoms with Gasteiger partial charge in [-0.1, -0.05) is 6.07 Å². The third kappa shape index (κ3) is 3.38. The number of carbonyl (C=O) groups is 1. The van der Waals surface area contributed by atoms with Crippen LogP contribution in [0, 0.1) is 0 Å². The minimum absolute atomic E-state index is 0.352. The normalized spacial score (nSPS) is 11.1. The van der Waals surface area contributed by atoms with E-state index in [2.05, 4.69) is 4.98 Å². The number of nitrogens with zero attached hydrogens (tertiary/aromatic N) is 2. The summed E-state index contributed by atoms with van der Waals surface area (Å²) in [4.78, 5) is 17.7. The van der Waals surface area contributed by atoms with Crippen LogP contribution in [0.15, 0.2) is 30.6 Å². The van der Waals surface area contributed by atoms with Crippen LogP contribution in [0.1, 0.15) is 12.6 Å². The predicted molar refractivity (Wildman–Crippen MR) is 62.5 cm³/mol. The van der Waals surface area contributed by atoms with Crippen LogP contribution in [0.2, 0.25) is 0 Å². The molecule has 0 radical (unpaired) electrons. The van der Waals surface area contributed by atoms with Gasteiger partial charge in [-0.15, -0.1) is 0 Å². The minimum atomic E-state index is -0.352. The first-order valence-electron chi connectivity index (χ1n) is 5.12. The van der Waals surface area contributed by atoms with Gasteiger partial charge in [0.2, 0.25) is 0 Å². The number of hydrogen-bond donors (Lipinski definition) is 0. The smallest absolute Gasteiger partial charge is 0.341 e. The van der Waals surface area contributed by atoms with Crippen molar-refractivity contribution in [3.63, 3.8) is 0 Å². The van der Waals surface area contributed by atoms with Gasteiger partial charge in [-0.2, -0.15) is 0 Å². The molecule has 0 aromatic carbocycles. The van der Waals surface area contributed by atoms with E-state index >= 15 is 0 Å². The summed E-state index contributed by atoms with van der Waals surface area (Å²) in [6.45, 7) is 2.14. The lowest BCUT2D eigenvalue weighted by Crippen LogP contribution is -2.12. The van der Waals surface area contributed by atoms with E-state index in [-0.39, 0.29) is 5.97 Å². The highest BCUT2D eigenvalue weighted by atomic mass is 16.5. The van der Waals surface area contributed by atoms with E-state index < -0.39 is 0 Å². The Kier molecular flexibility index (Phi) is 4.51. The molecule has 1 rings (SSSR count). The molecule has 0 atom stereocenters. The molecule has 16 heavy (non-hydrogen) atoms. The average molecular weight is 220 g/mol. The molecule has 0 aliphatic heterocycles. The number of rotatable bonds is 4. The van der Waals surface area contributed by atoms with Crippen LogP contribution in [0.3, 0.4) is 0 Å². The molecular weight excluding hydrogens is 204 g/mol. The molecule has 0 saturated carbocycles. The fourth-order valence-electron chi connectivity index (χ4n) is 1.21. The first kappa shape index (κ1) is 12.2. The summed E-state index contributed by atoms with van der Waals surface area (Å²) in [6.07, 6.45) is 3.36. The van der Waals surface area contributed by atoms with Crippen LogP contribution < -0.4 is 0 Å². The van der Waals surface area contributed by atoms with E-state index in [1.165, 1.54) is 0 Å². The molecule has 1 aromatic heterocycles. The first-order chi connectivity index (χ1) is 7.65. The molecule has 0 aliphatic rings. The van der Waals surface area contributed by atoms with Crippen LogP contribution >= 0.6 is 0 Å². The van der Waals surface area contributed by atoms with Crippen molar-refractivity contribution in [1.29, 1.82) is 0 Å². The molecule has 86 valence electrons. The van der Waals surface area contributed by atoms with Crippen molar-refractivity contribution in [3.8, 4) is 0 Å². The second kappa shape index (κ2) is 5.90. The summed E-state index contributed by atoms with van der Waals surface area (Å²) in [5.74, 6) is -0.352. The molecule has 1 heterocycles. The highest BCUT2D eigenvalue weighted by Gasteiger charge is 2.14. The average Bonchev–Trinajstić information content (AvgIpc) is 2.27. The molecule has 0 saturated heterocycles. The highest BCUT2D eigenvalue weighted by Crippen LogP contribution is 2.13. The van der Waals surface area contributed by atoms with E-state index in [9.17, 15) is 4.79 Å². The van der Waals surface area contributed by atoms with Crippen molar-refractivity contribution >= 4 is 11.5 Å². The maximum absolute atomic E-state index is 11.7. The molecule has 0 N–H and O–H groups in total. The van der Waals surface area contributed by atoms with Crippen molar-refractivity contribution in [2.75, 3.05) is 20.7 Å². The van der Waals surface area contributed by atoms with Crippen molar-refractivity contribution < 1.29 is 9.53 Å². The molecule has 0 amide bonds. The van der Waals surface area contributed by atoms with Crippen molar-refractivity contribution in [2.45, 2.75) is 6.92 Å². The zero-order valence-corrected chi connectivity index (χ0v) is 9.80. The molecule has 0 unspecified atom stereocenters. The second-order valence-corrected chi connectivity index (χ2v) is 3.44. The van der Waals surface area contributed by atoms with Gasteiger partial charge in [0.15, 0.2) is 0 Å². The topological polar surface area (TPSA) is 42.4 Å². The lowest BCUT2D eigenvalue weighted by molar-refractivity contribution is -0.136. The molecule has 0 spiro atoms. The molecule has 4 heteroatoms. The largest absolute Gasteiger partial charge is 0.462 e. The Morgan fingerprint density at radius 2 is 2.25 bits per heavy atom. The molecule has 4 nitrogen and oxygen atoms in total. The van der Waals surface area contributed by atoms with Crippen LogP contribution in [0.4, 0.5) is 0 Å². The Bertz CT molecular complexity index is 372. The standard InChI is InChI=1S/C12H16N2O2/c1-4-16-12(15)10(9-14(2)3)11-7-5-6-8-13-11/h5-9H,4H2,1-3H3/b10-9-. The second-order valence-electron chi connectivity index (χ2n) is 3.44. The van der Waals surface area contributed by atoms with E-state index in [1.54, 1.807) is 30.3 Å². The summed E-state index contributed by atoms with van der Waals surface area (Å²) in [5, 5.41) is 0. The summed E-state index contributed by atoms with van der Waals surface area (Å²) >= 11 is 0. The summed E-state index contributed by atoms with van der Waals surface area (Å²) in [6, 6.07) is 5.43. The number of carbonyl (C=O) groups excluding carboxylic acids is 1. The Balaban J connectivity index is 3.02. The Hall–Kier alpha value is -1.84. The van der Waals surface area contributed by atoms with Gasteiger partial charge in [-0.25, -0.2) is 4.79 Å². The number of hydrogen-bond acceptors (Lipinski definition) is 4. The van der Waals surface area contributed by atoms with Gasteiger partial charge in [0.1, 0.15) is 5.57 Å². The summed E-state index contributed by atoms with van der Waals surface area (Å²) in [7, 11) is 3.70. The number of esters is 1. The van der Waals surface area contributed by atoms with Crippen molar-refractivity contribution in [3.05, 3.63) is 36.3 Å². The zero-order valence-electron chi connectivity index (χ0n) is 9.80. The molecular formula is C12H16N2O2. The zero-order chi connectivity index (χ0) is 12.0. The van der Waals surface area contributed by atoms with Gasteiger partial charge in [0.05, 0.1) is 12.3 Å². The number of ether oxygens (including phenoxy) is 1. The lowest BCUT2D eigenvalue weighted by Gasteiger charge is -2.10. The van der Waals surface area contributed by atoms with E-state index in [0.717, 1.165) is 0 Å². The highest BCUT2D eigenvalue weighted by molar-refractivity contribution is 6.15. The molecule has 0 aliphatic carbocycles. The lowest BCUT2D eigenvalue weighted by atomic mass is 10.2. The third-order valence-electron chi connectivity index (χ3n) is 1.82. The van der Waals surface area contributed by atoms with E-state index in [0.29, 0.717) is 17.9 Å². The molecule has 0 bridgehead atoms. The quantitative estimate of drug-likeness (QED) is 0.570. The molecule has 1 aromatic rings. The van der Waals surface area contributed by atoms with Gasteiger partial charge in [0.25, 0.3) is 0 Å². The van der Waals surface area contributed by atoms with Gasteiger partial charge in [-0.05, 0) is 19.1 Å². The van der Waals surface area contributed by atoms with Crippen LogP contribution in [-0.2, 0) is 9.53 Å². The maximum Gasteiger partial charge on any atom is 0.341 e. The summed E-state index contributed by atoms with van der Waals surface area (Å²) < 4.78 is 4.99. The van der Waals surface area contributed by atoms with Crippen LogP contribution in [0.25, 0.3) is 5.57 Å². The third-order valence-corrected chi connectivity index (χ3v) is 1.82. The SMILES string of the molecule is CCOC(=O)/C(=C\N(C)C)c1ccccn1. The first-order valence-corrected chi connectivity index (χ1v) is 5.12. The van der Waals surface area contributed by atoms with Crippen molar-refractivity contribution in [2.24, 2.45) is 0 Å². The van der Waals surface area contributed by atoms with Gasteiger partial charge in [0, 0.05) is 26.5 Å². The van der Waals surface area contributed by atoms with Crippen LogP contribution in [-0.4, -0.2) is 36.6 Å². The van der Waals surface area contributed by atoms with Gasteiger partial charge in [-0.3, -0.25) is 4.98 Å². The predicted octanol–water partition coefficient (Wildman–Crippen LogP) is 1.55. The number of aromatic nitrogens is 1. The Labute approximate surface area is 95.6 Å². The van der Waals surface area contributed by atoms with E-state index in [1.807, 2.05) is 26.2 Å². The fraction of sp³-hybridized carbons (Fsp3) is 0.333. The van der Waals surface area contributed by atoms with Gasteiger partial charge >= 0.3 is 5.97 Å². The Morgan fingerprint density at radius 3 is 2.75 bits per heavy atom. The fourth-order valence-corrected chi connectivity index (χ4v) is 1.21. The maximum atomic E-state index is 11.7. The Morgan fingerprint density at radius 1 is 1.50 bits per heavy atom. The summed E-state index contributed by atoms with van der Waals surface area (Å²) in [5.41, 5.74) is 1.09. The monoisotopic (exact) mass is 220 g/mol. The van der Waals surface area contributed by atoms with Crippen LogP contribution in [0.5, 0.6) is 0 Å². The molecule has 0 fully saturated rings. The number of pyridine rings is 1. The minimum Gasteiger partial charge on any atom is -0.462 e. The van der Waals surface area contributed by atoms with Gasteiger partial charge < -0.3 is 9.64 Å².